The smallest absolute Gasteiger partial charge is 0.0998 e. The summed E-state index contributed by atoms with van der Waals surface area (Å²) in [6.07, 6.45) is 0. The molecule has 1 nitrogen and oxygen atoms in total. The van der Waals surface area contributed by atoms with E-state index in [2.05, 4.69) is 38.3 Å². The minimum absolute atomic E-state index is 0.723. The van der Waals surface area contributed by atoms with Crippen molar-refractivity contribution in [2.45, 2.75) is 20.8 Å². The molecular formula is C18H21N. The van der Waals surface area contributed by atoms with Gasteiger partial charge < -0.3 is 0 Å². The molecule has 0 radical (unpaired) electrons. The Balaban J connectivity index is 0.000000741. The van der Waals surface area contributed by atoms with E-state index >= 15 is 0 Å². The van der Waals surface area contributed by atoms with Gasteiger partial charge in [0.1, 0.15) is 0 Å². The van der Waals surface area contributed by atoms with Gasteiger partial charge in [-0.2, -0.15) is 5.26 Å². The molecule has 2 aromatic rings. The van der Waals surface area contributed by atoms with Crippen molar-refractivity contribution >= 4 is 0 Å². The number of rotatable bonds is 1. The maximum Gasteiger partial charge on any atom is 0.0998 e. The van der Waals surface area contributed by atoms with Crippen LogP contribution >= 0.6 is 0 Å². The lowest BCUT2D eigenvalue weighted by molar-refractivity contribution is 1.45. The first-order chi connectivity index (χ1) is 9.31. The third-order valence-corrected chi connectivity index (χ3v) is 2.41. The molecule has 0 fully saturated rings. The fraction of sp³-hybridized carbons (Fsp3) is 0.167. The minimum atomic E-state index is 0.723. The summed E-state index contributed by atoms with van der Waals surface area (Å²) in [5.41, 5.74) is 4.05. The van der Waals surface area contributed by atoms with E-state index in [9.17, 15) is 0 Å². The van der Waals surface area contributed by atoms with Gasteiger partial charge in [0.25, 0.3) is 0 Å². The third-order valence-electron chi connectivity index (χ3n) is 2.41. The van der Waals surface area contributed by atoms with Crippen LogP contribution < -0.4 is 0 Å². The molecule has 0 bridgehead atoms. The Bertz CT molecular complexity index is 518. The lowest BCUT2D eigenvalue weighted by atomic mass is 10.00. The van der Waals surface area contributed by atoms with Crippen molar-refractivity contribution in [1.82, 2.24) is 0 Å². The van der Waals surface area contributed by atoms with E-state index < -0.39 is 0 Å². The zero-order valence-corrected chi connectivity index (χ0v) is 12.0. The highest BCUT2D eigenvalue weighted by Crippen LogP contribution is 2.23. The van der Waals surface area contributed by atoms with Gasteiger partial charge in [-0.3, -0.25) is 0 Å². The SMILES string of the molecule is C=C.CC.Cc1ccc(-c2ccccc2C#N)cc1. The van der Waals surface area contributed by atoms with E-state index in [4.69, 9.17) is 5.26 Å². The number of benzene rings is 2. The van der Waals surface area contributed by atoms with Gasteiger partial charge in [-0.15, -0.1) is 13.2 Å². The molecule has 2 rings (SSSR count). The van der Waals surface area contributed by atoms with Gasteiger partial charge in [0, 0.05) is 0 Å². The molecule has 2 aromatic carbocycles. The average molecular weight is 251 g/mol. The van der Waals surface area contributed by atoms with Crippen molar-refractivity contribution in [3.05, 3.63) is 72.8 Å². The maximum atomic E-state index is 8.98. The third kappa shape index (κ3) is 4.81. The molecule has 0 unspecified atom stereocenters. The van der Waals surface area contributed by atoms with E-state index in [-0.39, 0.29) is 0 Å². The van der Waals surface area contributed by atoms with Crippen LogP contribution in [0.1, 0.15) is 25.0 Å². The summed E-state index contributed by atoms with van der Waals surface area (Å²) in [6, 6.07) is 18.1. The highest BCUT2D eigenvalue weighted by molar-refractivity contribution is 5.70. The van der Waals surface area contributed by atoms with Gasteiger partial charge in [-0.25, -0.2) is 0 Å². The quantitative estimate of drug-likeness (QED) is 0.626. The molecule has 0 saturated carbocycles. The Hall–Kier alpha value is -2.33. The summed E-state index contributed by atoms with van der Waals surface area (Å²) in [4.78, 5) is 0. The lowest BCUT2D eigenvalue weighted by Gasteiger charge is -2.03. The second kappa shape index (κ2) is 9.67. The molecule has 0 saturated heterocycles. The second-order valence-electron chi connectivity index (χ2n) is 3.52. The van der Waals surface area contributed by atoms with Crippen LogP contribution in [0.25, 0.3) is 11.1 Å². The van der Waals surface area contributed by atoms with Crippen LogP contribution in [0.3, 0.4) is 0 Å². The summed E-state index contributed by atoms with van der Waals surface area (Å²) in [5.74, 6) is 0. The number of hydrogen-bond donors (Lipinski definition) is 0. The van der Waals surface area contributed by atoms with Crippen LogP contribution in [0.5, 0.6) is 0 Å². The molecule has 0 aromatic heterocycles. The van der Waals surface area contributed by atoms with Gasteiger partial charge in [0.2, 0.25) is 0 Å². The van der Waals surface area contributed by atoms with E-state index in [0.717, 1.165) is 16.7 Å². The Morgan fingerprint density at radius 3 is 1.95 bits per heavy atom. The van der Waals surface area contributed by atoms with E-state index in [1.807, 2.05) is 50.2 Å². The molecule has 19 heavy (non-hydrogen) atoms. The fourth-order valence-electron chi connectivity index (χ4n) is 1.57. The monoisotopic (exact) mass is 251 g/mol. The maximum absolute atomic E-state index is 8.98. The standard InChI is InChI=1S/C14H11N.C2H6.C2H4/c1-11-6-8-12(9-7-11)14-5-3-2-4-13(14)10-15;2*1-2/h2-9H,1H3;1-2H3;1-2H2. The van der Waals surface area contributed by atoms with Crippen LogP contribution in [0.4, 0.5) is 0 Å². The molecule has 0 aliphatic heterocycles. The first-order valence-corrected chi connectivity index (χ1v) is 6.37. The van der Waals surface area contributed by atoms with E-state index in [1.165, 1.54) is 5.56 Å². The largest absolute Gasteiger partial charge is 0.192 e. The normalized spacial score (nSPS) is 8.11. The Morgan fingerprint density at radius 1 is 0.895 bits per heavy atom. The molecule has 0 heterocycles. The van der Waals surface area contributed by atoms with Crippen molar-refractivity contribution in [2.24, 2.45) is 0 Å². The molecule has 1 heteroatoms. The number of hydrogen-bond acceptors (Lipinski definition) is 1. The lowest BCUT2D eigenvalue weighted by Crippen LogP contribution is -1.83. The summed E-state index contributed by atoms with van der Waals surface area (Å²) >= 11 is 0. The molecular weight excluding hydrogens is 230 g/mol. The van der Waals surface area contributed by atoms with Gasteiger partial charge in [0.15, 0.2) is 0 Å². The molecule has 0 N–H and O–H groups in total. The van der Waals surface area contributed by atoms with E-state index in [0.29, 0.717) is 0 Å². The molecule has 0 spiro atoms. The van der Waals surface area contributed by atoms with Crippen LogP contribution in [0.15, 0.2) is 61.7 Å². The van der Waals surface area contributed by atoms with Crippen molar-refractivity contribution in [3.63, 3.8) is 0 Å². The summed E-state index contributed by atoms with van der Waals surface area (Å²) in [5, 5.41) is 8.98. The molecule has 0 aliphatic carbocycles. The van der Waals surface area contributed by atoms with Crippen molar-refractivity contribution in [1.29, 1.82) is 5.26 Å². The summed E-state index contributed by atoms with van der Waals surface area (Å²) in [7, 11) is 0. The van der Waals surface area contributed by atoms with Crippen molar-refractivity contribution < 1.29 is 0 Å². The van der Waals surface area contributed by atoms with Gasteiger partial charge in [0.05, 0.1) is 11.6 Å². The Labute approximate surface area is 116 Å². The van der Waals surface area contributed by atoms with Crippen LogP contribution in [0.2, 0.25) is 0 Å². The zero-order chi connectivity index (χ0) is 14.7. The number of nitrogens with zero attached hydrogens (tertiary/aromatic N) is 1. The molecule has 98 valence electrons. The van der Waals surface area contributed by atoms with Crippen LogP contribution in [-0.4, -0.2) is 0 Å². The highest BCUT2D eigenvalue weighted by Gasteiger charge is 2.02. The van der Waals surface area contributed by atoms with Crippen molar-refractivity contribution in [2.75, 3.05) is 0 Å². The summed E-state index contributed by atoms with van der Waals surface area (Å²) < 4.78 is 0. The molecule has 0 amide bonds. The highest BCUT2D eigenvalue weighted by atomic mass is 14.2. The number of nitriles is 1. The molecule has 0 aliphatic rings. The van der Waals surface area contributed by atoms with Gasteiger partial charge >= 0.3 is 0 Å². The van der Waals surface area contributed by atoms with Gasteiger partial charge in [-0.05, 0) is 24.1 Å². The second-order valence-corrected chi connectivity index (χ2v) is 3.52. The zero-order valence-electron chi connectivity index (χ0n) is 12.0. The van der Waals surface area contributed by atoms with Crippen molar-refractivity contribution in [3.8, 4) is 17.2 Å². The fourth-order valence-corrected chi connectivity index (χ4v) is 1.57. The first-order valence-electron chi connectivity index (χ1n) is 6.37. The topological polar surface area (TPSA) is 23.8 Å². The first kappa shape index (κ1) is 16.7. The number of aryl methyl sites for hydroxylation is 1. The average Bonchev–Trinajstić information content (AvgIpc) is 2.52. The minimum Gasteiger partial charge on any atom is -0.192 e. The Kier molecular flexibility index (Phi) is 8.49. The predicted octanol–water partition coefficient (Wildman–Crippen LogP) is 5.36. The van der Waals surface area contributed by atoms with Gasteiger partial charge in [-0.1, -0.05) is 61.9 Å². The predicted molar refractivity (Wildman–Crippen MR) is 83.9 cm³/mol. The van der Waals surface area contributed by atoms with E-state index in [1.54, 1.807) is 0 Å². The Morgan fingerprint density at radius 2 is 1.42 bits per heavy atom. The van der Waals surface area contributed by atoms with Crippen LogP contribution in [-0.2, 0) is 0 Å². The van der Waals surface area contributed by atoms with Crippen LogP contribution in [0, 0.1) is 18.3 Å². The summed E-state index contributed by atoms with van der Waals surface area (Å²) in [6.45, 7) is 12.1. The molecule has 0 atom stereocenters.